The van der Waals surface area contributed by atoms with Gasteiger partial charge in [-0.05, 0) is 45.4 Å². The van der Waals surface area contributed by atoms with Crippen LogP contribution in [0.15, 0.2) is 24.3 Å². The third-order valence-electron chi connectivity index (χ3n) is 3.34. The van der Waals surface area contributed by atoms with E-state index in [1.807, 2.05) is 26.8 Å². The summed E-state index contributed by atoms with van der Waals surface area (Å²) in [6, 6.07) is 6.82. The second-order valence-corrected chi connectivity index (χ2v) is 7.06. The van der Waals surface area contributed by atoms with Crippen molar-refractivity contribution in [2.45, 2.75) is 32.8 Å². The Bertz CT molecular complexity index is 570. The molecule has 158 valence electrons. The van der Waals surface area contributed by atoms with Crippen LogP contribution < -0.4 is 0 Å². The van der Waals surface area contributed by atoms with Gasteiger partial charge in [-0.2, -0.15) is 0 Å². The van der Waals surface area contributed by atoms with Gasteiger partial charge in [-0.15, -0.1) is 0 Å². The van der Waals surface area contributed by atoms with Crippen LogP contribution in [0, 0.1) is 11.8 Å². The number of phenolic OH excluding ortho intramolecular Hbond substituents is 1. The van der Waals surface area contributed by atoms with Gasteiger partial charge >= 0.3 is 0 Å². The van der Waals surface area contributed by atoms with Crippen LogP contribution in [0.3, 0.4) is 0 Å². The van der Waals surface area contributed by atoms with Crippen molar-refractivity contribution >= 4 is 0 Å². The molecule has 0 bridgehead atoms. The standard InChI is InChI=1S/C22H34O6/c1-22(2,3)28-12-6-11-25-14-16-27-18-17-26-15-13-24-10-5-8-20-7-4-9-21(23)19-20/h4,7,9,19,23H,6,10-18H2,1-3H3. The molecule has 0 amide bonds. The van der Waals surface area contributed by atoms with Crippen LogP contribution in [0.1, 0.15) is 32.8 Å². The molecule has 0 spiro atoms. The van der Waals surface area contributed by atoms with Gasteiger partial charge < -0.3 is 28.8 Å². The molecule has 0 aromatic heterocycles. The minimum absolute atomic E-state index is 0.0887. The molecule has 6 nitrogen and oxygen atoms in total. The third kappa shape index (κ3) is 15.4. The largest absolute Gasteiger partial charge is 0.508 e. The first kappa shape index (κ1) is 24.4. The summed E-state index contributed by atoms with van der Waals surface area (Å²) < 4.78 is 27.3. The second kappa shape index (κ2) is 15.3. The van der Waals surface area contributed by atoms with Crippen molar-refractivity contribution in [1.82, 2.24) is 0 Å². The number of ether oxygens (including phenoxy) is 5. The minimum Gasteiger partial charge on any atom is -0.508 e. The lowest BCUT2D eigenvalue weighted by atomic mass is 10.2. The lowest BCUT2D eigenvalue weighted by molar-refractivity contribution is -0.0224. The SMILES string of the molecule is CC(C)(C)OCCCOCCOCCOCCOCC#Cc1cccc(O)c1. The zero-order valence-electron chi connectivity index (χ0n) is 17.4. The summed E-state index contributed by atoms with van der Waals surface area (Å²) in [5, 5.41) is 9.34. The number of rotatable bonds is 14. The molecular formula is C22H34O6. The molecule has 0 fully saturated rings. The Morgan fingerprint density at radius 2 is 1.43 bits per heavy atom. The molecule has 1 N–H and O–H groups in total. The predicted octanol–water partition coefficient (Wildman–Crippen LogP) is 3.02. The van der Waals surface area contributed by atoms with E-state index < -0.39 is 0 Å². The summed E-state index contributed by atoms with van der Waals surface area (Å²) in [6.07, 6.45) is 0.887. The lowest BCUT2D eigenvalue weighted by Gasteiger charge is -2.19. The first-order valence-corrected chi connectivity index (χ1v) is 9.70. The van der Waals surface area contributed by atoms with Gasteiger partial charge in [-0.1, -0.05) is 17.9 Å². The zero-order valence-corrected chi connectivity index (χ0v) is 17.4. The molecule has 0 aliphatic rings. The summed E-state index contributed by atoms with van der Waals surface area (Å²) in [4.78, 5) is 0. The van der Waals surface area contributed by atoms with E-state index in [1.165, 1.54) is 0 Å². The van der Waals surface area contributed by atoms with Crippen LogP contribution in [0.25, 0.3) is 0 Å². The monoisotopic (exact) mass is 394 g/mol. The molecule has 0 heterocycles. The number of hydrogen-bond acceptors (Lipinski definition) is 6. The van der Waals surface area contributed by atoms with Gasteiger partial charge in [0.15, 0.2) is 0 Å². The maximum atomic E-state index is 9.34. The van der Waals surface area contributed by atoms with Gasteiger partial charge in [-0.3, -0.25) is 0 Å². The highest BCUT2D eigenvalue weighted by atomic mass is 16.6. The van der Waals surface area contributed by atoms with Gasteiger partial charge in [0, 0.05) is 18.8 Å². The fraction of sp³-hybridized carbons (Fsp3) is 0.636. The van der Waals surface area contributed by atoms with Crippen LogP contribution in [0.2, 0.25) is 0 Å². The Kier molecular flexibility index (Phi) is 13.4. The number of hydrogen-bond donors (Lipinski definition) is 1. The van der Waals surface area contributed by atoms with E-state index in [0.29, 0.717) is 59.5 Å². The summed E-state index contributed by atoms with van der Waals surface area (Å²) in [5.74, 6) is 6.03. The lowest BCUT2D eigenvalue weighted by Crippen LogP contribution is -2.20. The maximum Gasteiger partial charge on any atom is 0.116 e. The molecular weight excluding hydrogens is 360 g/mol. The molecule has 1 aromatic carbocycles. The van der Waals surface area contributed by atoms with Crippen LogP contribution >= 0.6 is 0 Å². The van der Waals surface area contributed by atoms with Crippen LogP contribution in [-0.4, -0.2) is 70.2 Å². The smallest absolute Gasteiger partial charge is 0.116 e. The van der Waals surface area contributed by atoms with Crippen LogP contribution in [0.4, 0.5) is 0 Å². The van der Waals surface area contributed by atoms with Crippen molar-refractivity contribution in [3.8, 4) is 17.6 Å². The Hall–Kier alpha value is -1.62. The van der Waals surface area contributed by atoms with E-state index in [4.69, 9.17) is 23.7 Å². The molecule has 0 saturated heterocycles. The van der Waals surface area contributed by atoms with Crippen LogP contribution in [-0.2, 0) is 23.7 Å². The van der Waals surface area contributed by atoms with Crippen molar-refractivity contribution in [3.63, 3.8) is 0 Å². The highest BCUT2D eigenvalue weighted by Gasteiger charge is 2.08. The average molecular weight is 395 g/mol. The molecule has 0 aliphatic heterocycles. The van der Waals surface area contributed by atoms with Gasteiger partial charge in [0.2, 0.25) is 0 Å². The molecule has 0 saturated carbocycles. The summed E-state index contributed by atoms with van der Waals surface area (Å²) in [7, 11) is 0. The van der Waals surface area contributed by atoms with Crippen molar-refractivity contribution in [2.75, 3.05) is 59.5 Å². The molecule has 0 aliphatic carbocycles. The topological polar surface area (TPSA) is 66.4 Å². The van der Waals surface area contributed by atoms with Gasteiger partial charge in [-0.25, -0.2) is 0 Å². The van der Waals surface area contributed by atoms with E-state index in [0.717, 1.165) is 12.0 Å². The van der Waals surface area contributed by atoms with Crippen molar-refractivity contribution in [2.24, 2.45) is 0 Å². The van der Waals surface area contributed by atoms with Crippen LogP contribution in [0.5, 0.6) is 5.75 Å². The number of phenols is 1. The Balaban J connectivity index is 1.80. The molecule has 1 aromatic rings. The van der Waals surface area contributed by atoms with Crippen molar-refractivity contribution in [1.29, 1.82) is 0 Å². The first-order valence-electron chi connectivity index (χ1n) is 9.70. The normalized spacial score (nSPS) is 11.2. The molecule has 0 radical (unpaired) electrons. The van der Waals surface area contributed by atoms with E-state index >= 15 is 0 Å². The molecule has 6 heteroatoms. The summed E-state index contributed by atoms with van der Waals surface area (Å²) >= 11 is 0. The Morgan fingerprint density at radius 1 is 0.821 bits per heavy atom. The predicted molar refractivity (Wildman–Crippen MR) is 109 cm³/mol. The van der Waals surface area contributed by atoms with E-state index in [1.54, 1.807) is 18.2 Å². The van der Waals surface area contributed by atoms with E-state index in [-0.39, 0.29) is 11.4 Å². The molecule has 0 atom stereocenters. The Morgan fingerprint density at radius 3 is 2.04 bits per heavy atom. The fourth-order valence-corrected chi connectivity index (χ4v) is 2.04. The van der Waals surface area contributed by atoms with E-state index in [9.17, 15) is 5.11 Å². The fourth-order valence-electron chi connectivity index (χ4n) is 2.04. The first-order chi connectivity index (χ1) is 13.5. The Labute approximate surface area is 169 Å². The summed E-state index contributed by atoms with van der Waals surface area (Å²) in [5.41, 5.74) is 0.674. The molecule has 0 unspecified atom stereocenters. The number of benzene rings is 1. The number of aromatic hydroxyl groups is 1. The van der Waals surface area contributed by atoms with Gasteiger partial charge in [0.1, 0.15) is 12.4 Å². The molecule has 1 rings (SSSR count). The maximum absolute atomic E-state index is 9.34. The average Bonchev–Trinajstić information content (AvgIpc) is 2.63. The second-order valence-electron chi connectivity index (χ2n) is 7.06. The van der Waals surface area contributed by atoms with Gasteiger partial charge in [0.25, 0.3) is 0 Å². The molecule has 28 heavy (non-hydrogen) atoms. The quantitative estimate of drug-likeness (QED) is 0.387. The van der Waals surface area contributed by atoms with E-state index in [2.05, 4.69) is 11.8 Å². The summed E-state index contributed by atoms with van der Waals surface area (Å²) in [6.45, 7) is 11.0. The highest BCUT2D eigenvalue weighted by molar-refractivity contribution is 5.39. The minimum atomic E-state index is -0.0887. The zero-order chi connectivity index (χ0) is 20.5. The third-order valence-corrected chi connectivity index (χ3v) is 3.34. The van der Waals surface area contributed by atoms with Gasteiger partial charge in [0.05, 0.1) is 45.2 Å². The highest BCUT2D eigenvalue weighted by Crippen LogP contribution is 2.09. The van der Waals surface area contributed by atoms with Crippen molar-refractivity contribution < 1.29 is 28.8 Å². The van der Waals surface area contributed by atoms with Crippen molar-refractivity contribution in [3.05, 3.63) is 29.8 Å².